The van der Waals surface area contributed by atoms with Crippen molar-refractivity contribution >= 4 is 28.9 Å². The first-order valence-corrected chi connectivity index (χ1v) is 15.5. The van der Waals surface area contributed by atoms with Crippen molar-refractivity contribution in [3.8, 4) is 0 Å². The molecule has 0 atom stereocenters. The van der Waals surface area contributed by atoms with Crippen LogP contribution in [0.2, 0.25) is 0 Å². The van der Waals surface area contributed by atoms with Gasteiger partial charge in [0, 0.05) is 49.6 Å². The minimum absolute atomic E-state index is 0. The van der Waals surface area contributed by atoms with Crippen LogP contribution in [0.25, 0.3) is 0 Å². The number of anilines is 1. The molecule has 6 nitrogen and oxygen atoms in total. The van der Waals surface area contributed by atoms with Gasteiger partial charge in [0.25, 0.3) is 5.91 Å². The lowest BCUT2D eigenvalue weighted by molar-refractivity contribution is -0.117. The number of unbranched alkanes of at least 4 members (excludes halogenated alkanes) is 1. The largest absolute Gasteiger partial charge is 0.371 e. The van der Waals surface area contributed by atoms with E-state index in [1.165, 1.54) is 11.1 Å². The Morgan fingerprint density at radius 1 is 0.977 bits per heavy atom. The summed E-state index contributed by atoms with van der Waals surface area (Å²) in [6.45, 7) is 10.3. The molecule has 5 rings (SSSR count). The molecule has 0 unspecified atom stereocenters. The van der Waals surface area contributed by atoms with Crippen LogP contribution in [0.15, 0.2) is 71.4 Å². The number of aryl methyl sites for hydroxylation is 2. The lowest BCUT2D eigenvalue weighted by Crippen LogP contribution is -2.34. The van der Waals surface area contributed by atoms with Crippen LogP contribution in [0.3, 0.4) is 0 Å². The average Bonchev–Trinajstić information content (AvgIpc) is 3.76. The number of nitrogens with one attached hydrogen (secondary N) is 1. The zero-order valence-electron chi connectivity index (χ0n) is 25.1. The summed E-state index contributed by atoms with van der Waals surface area (Å²) < 4.78 is 0. The summed E-state index contributed by atoms with van der Waals surface area (Å²) in [7, 11) is 0. The van der Waals surface area contributed by atoms with Gasteiger partial charge in [0.15, 0.2) is 5.78 Å². The van der Waals surface area contributed by atoms with Gasteiger partial charge in [-0.3, -0.25) is 9.59 Å². The van der Waals surface area contributed by atoms with Crippen LogP contribution in [0.4, 0.5) is 5.69 Å². The van der Waals surface area contributed by atoms with Crippen molar-refractivity contribution in [1.29, 1.82) is 0 Å². The third kappa shape index (κ3) is 8.19. The van der Waals surface area contributed by atoms with E-state index in [1.54, 1.807) is 6.92 Å². The highest BCUT2D eigenvalue weighted by Gasteiger charge is 2.32. The van der Waals surface area contributed by atoms with Crippen molar-refractivity contribution in [3.63, 3.8) is 0 Å². The van der Waals surface area contributed by atoms with E-state index in [4.69, 9.17) is 0 Å². The molecule has 0 radical (unpaired) electrons. The molecule has 0 spiro atoms. The summed E-state index contributed by atoms with van der Waals surface area (Å²) in [5.41, 5.74) is 7.89. The molecule has 2 fully saturated rings. The number of aliphatic imine (C=N–C) groups is 1. The molecule has 6 heteroatoms. The number of nitrogens with zero attached hydrogens (tertiary/aromatic N) is 2. The number of amides is 1. The fraction of sp³-hybridized carbons (Fsp3) is 0.459. The molecule has 43 heavy (non-hydrogen) atoms. The number of carbonyl (C=O) groups excluding carboxylic acids is 3. The molecule has 3 aliphatic rings. The zero-order valence-corrected chi connectivity index (χ0v) is 25.1. The van der Waals surface area contributed by atoms with Crippen molar-refractivity contribution in [1.82, 2.24) is 5.32 Å². The molecule has 2 aromatic carbocycles. The van der Waals surface area contributed by atoms with E-state index in [1.807, 2.05) is 18.2 Å². The molecule has 1 saturated heterocycles. The maximum Gasteiger partial charge on any atom is 0.251 e. The Kier molecular flexibility index (Phi) is 10.9. The number of carbonyl (C=O) groups is 3. The molecule has 1 aliphatic carbocycles. The predicted octanol–water partition coefficient (Wildman–Crippen LogP) is 7.31. The van der Waals surface area contributed by atoms with E-state index >= 15 is 0 Å². The van der Waals surface area contributed by atoms with Crippen molar-refractivity contribution in [2.75, 3.05) is 24.5 Å². The maximum atomic E-state index is 13.2. The summed E-state index contributed by atoms with van der Waals surface area (Å²) >= 11 is 0. The zero-order chi connectivity index (χ0) is 29.6. The minimum atomic E-state index is -0.122. The summed E-state index contributed by atoms with van der Waals surface area (Å²) in [5, 5.41) is 3.00. The second-order valence-electron chi connectivity index (χ2n) is 12.1. The van der Waals surface area contributed by atoms with Gasteiger partial charge in [-0.25, -0.2) is 4.99 Å². The number of hydrogen-bond donors (Lipinski definition) is 1. The third-order valence-corrected chi connectivity index (χ3v) is 8.80. The summed E-state index contributed by atoms with van der Waals surface area (Å²) in [5.74, 6) is 1.08. The van der Waals surface area contributed by atoms with Gasteiger partial charge in [-0.2, -0.15) is 0 Å². The van der Waals surface area contributed by atoms with Gasteiger partial charge in [0.2, 0.25) is 0 Å². The topological polar surface area (TPSA) is 78.8 Å². The van der Waals surface area contributed by atoms with E-state index in [0.29, 0.717) is 48.9 Å². The van der Waals surface area contributed by atoms with E-state index in [0.717, 1.165) is 74.2 Å². The summed E-state index contributed by atoms with van der Waals surface area (Å²) in [6.07, 6.45) is 9.19. The quantitative estimate of drug-likeness (QED) is 0.252. The average molecular weight is 582 g/mol. The Balaban J connectivity index is 0.00000423. The fourth-order valence-corrected chi connectivity index (χ4v) is 6.22. The highest BCUT2D eigenvalue weighted by molar-refractivity contribution is 6.13. The molecular formula is C37H47N3O3. The normalized spacial score (nSPS) is 16.8. The van der Waals surface area contributed by atoms with Crippen LogP contribution in [0.5, 0.6) is 0 Å². The van der Waals surface area contributed by atoms with E-state index in [9.17, 15) is 14.4 Å². The van der Waals surface area contributed by atoms with Crippen molar-refractivity contribution in [3.05, 3.63) is 88.6 Å². The predicted molar refractivity (Wildman–Crippen MR) is 176 cm³/mol. The van der Waals surface area contributed by atoms with E-state index < -0.39 is 0 Å². The Morgan fingerprint density at radius 3 is 2.42 bits per heavy atom. The fourth-order valence-electron chi connectivity index (χ4n) is 6.22. The van der Waals surface area contributed by atoms with Crippen LogP contribution in [-0.4, -0.2) is 42.8 Å². The molecular weight excluding hydrogens is 534 g/mol. The van der Waals surface area contributed by atoms with Gasteiger partial charge < -0.3 is 15.0 Å². The Labute approximate surface area is 257 Å². The van der Waals surface area contributed by atoms with Gasteiger partial charge in [0.05, 0.1) is 5.71 Å². The standard InChI is InChI=1S/C36H43N3O3.CH4/c1-24-8-4-5-10-31(24)27-17-20-39(21-18-27)33-15-13-30(36(42)37-19-7-6-9-26(3)40)23-29(33)14-16-34(41)32-22-25(2)35(38-32)28-11-12-28;/h4-5,8,10,13,15,22-23,27-28H,2,6-7,9,11-12,14,16-21H2,1,3H3,(H,37,42);1H4. The minimum Gasteiger partial charge on any atom is -0.371 e. The van der Waals surface area contributed by atoms with Gasteiger partial charge in [-0.1, -0.05) is 38.3 Å². The second kappa shape index (κ2) is 14.6. The molecule has 2 heterocycles. The lowest BCUT2D eigenvalue weighted by Gasteiger charge is -2.35. The number of Topliss-reactive ketones (excluding diaryl/α,β-unsaturated/α-hetero) is 2. The van der Waals surface area contributed by atoms with E-state index in [2.05, 4.69) is 59.0 Å². The van der Waals surface area contributed by atoms with Crippen LogP contribution >= 0.6 is 0 Å². The number of ketones is 2. The highest BCUT2D eigenvalue weighted by Crippen LogP contribution is 2.37. The molecule has 228 valence electrons. The SMILES string of the molecule is C.C=C1C=C(C(=O)CCc2cc(C(=O)NCCCCC(C)=O)ccc2N2CCC(c3ccccc3C)CC2)N=C1C1CC1. The van der Waals surface area contributed by atoms with E-state index in [-0.39, 0.29) is 24.9 Å². The number of rotatable bonds is 13. The summed E-state index contributed by atoms with van der Waals surface area (Å²) in [6, 6.07) is 14.6. The molecule has 0 aromatic heterocycles. The number of allylic oxidation sites excluding steroid dienone is 3. The third-order valence-electron chi connectivity index (χ3n) is 8.80. The molecule has 0 bridgehead atoms. The van der Waals surface area contributed by atoms with Gasteiger partial charge in [-0.15, -0.1) is 0 Å². The first-order valence-electron chi connectivity index (χ1n) is 15.5. The molecule has 1 N–H and O–H groups in total. The van der Waals surface area contributed by atoms with Crippen molar-refractivity contribution in [2.45, 2.75) is 85.0 Å². The van der Waals surface area contributed by atoms with Crippen LogP contribution in [0.1, 0.15) is 98.7 Å². The van der Waals surface area contributed by atoms with Crippen LogP contribution in [-0.2, 0) is 16.0 Å². The molecule has 1 amide bonds. The van der Waals surface area contributed by atoms with Crippen molar-refractivity contribution in [2.24, 2.45) is 10.9 Å². The molecule has 2 aromatic rings. The van der Waals surface area contributed by atoms with Gasteiger partial charge in [0.1, 0.15) is 11.5 Å². The maximum absolute atomic E-state index is 13.2. The van der Waals surface area contributed by atoms with Gasteiger partial charge in [-0.05, 0) is 111 Å². The Hall–Kier alpha value is -3.80. The number of benzene rings is 2. The van der Waals surface area contributed by atoms with Crippen molar-refractivity contribution < 1.29 is 14.4 Å². The smallest absolute Gasteiger partial charge is 0.251 e. The number of piperidine rings is 1. The monoisotopic (exact) mass is 581 g/mol. The summed E-state index contributed by atoms with van der Waals surface area (Å²) in [4.78, 5) is 44.5. The molecule has 2 aliphatic heterocycles. The van der Waals surface area contributed by atoms with Gasteiger partial charge >= 0.3 is 0 Å². The Bertz CT molecular complexity index is 1420. The Morgan fingerprint density at radius 2 is 1.72 bits per heavy atom. The first kappa shape index (κ1) is 32.1. The van der Waals surface area contributed by atoms with Crippen LogP contribution < -0.4 is 10.2 Å². The molecule has 1 saturated carbocycles. The lowest BCUT2D eigenvalue weighted by atomic mass is 9.86. The number of hydrogen-bond acceptors (Lipinski definition) is 5. The van der Waals surface area contributed by atoms with Crippen LogP contribution in [0, 0.1) is 12.8 Å². The highest BCUT2D eigenvalue weighted by atomic mass is 16.1. The second-order valence-corrected chi connectivity index (χ2v) is 12.1. The first-order chi connectivity index (χ1) is 20.3.